The molecule has 0 aliphatic heterocycles. The highest BCUT2D eigenvalue weighted by atomic mass is 16.4. The maximum Gasteiger partial charge on any atom is 0.319 e. The summed E-state index contributed by atoms with van der Waals surface area (Å²) >= 11 is 0. The minimum absolute atomic E-state index is 0.0387. The number of amides is 2. The van der Waals surface area contributed by atoms with Crippen molar-refractivity contribution in [1.82, 2.24) is 15.1 Å². The molecule has 19 heavy (non-hydrogen) atoms. The van der Waals surface area contributed by atoms with E-state index in [2.05, 4.69) is 15.7 Å². The molecule has 0 bridgehead atoms. The second-order valence-electron chi connectivity index (χ2n) is 4.85. The molecular weight excluding hydrogens is 248 g/mol. The second-order valence-corrected chi connectivity index (χ2v) is 4.85. The van der Waals surface area contributed by atoms with E-state index >= 15 is 0 Å². The van der Waals surface area contributed by atoms with Gasteiger partial charge >= 0.3 is 12.0 Å². The minimum Gasteiger partial charge on any atom is -0.481 e. The number of urea groups is 1. The summed E-state index contributed by atoms with van der Waals surface area (Å²) in [6, 6.07) is -0.828. The van der Waals surface area contributed by atoms with Gasteiger partial charge in [-0.15, -0.1) is 0 Å². The number of carbonyl (C=O) groups is 2. The molecule has 0 saturated heterocycles. The van der Waals surface area contributed by atoms with Gasteiger partial charge in [-0.05, 0) is 12.8 Å². The van der Waals surface area contributed by atoms with Crippen LogP contribution in [0.1, 0.15) is 26.0 Å². The van der Waals surface area contributed by atoms with Gasteiger partial charge in [-0.25, -0.2) is 4.79 Å². The molecule has 1 aromatic rings. The lowest BCUT2D eigenvalue weighted by Gasteiger charge is -2.20. The van der Waals surface area contributed by atoms with E-state index < -0.39 is 18.0 Å². The molecule has 0 radical (unpaired) electrons. The summed E-state index contributed by atoms with van der Waals surface area (Å²) in [4.78, 5) is 22.5. The van der Waals surface area contributed by atoms with Crippen LogP contribution in [0.5, 0.6) is 0 Å². The van der Waals surface area contributed by atoms with Crippen molar-refractivity contribution in [2.24, 2.45) is 13.0 Å². The van der Waals surface area contributed by atoms with E-state index in [1.165, 1.54) is 0 Å². The second kappa shape index (κ2) is 6.21. The molecule has 3 N–H and O–H groups in total. The first kappa shape index (κ1) is 15.0. The number of carbonyl (C=O) groups excluding carboxylic acids is 1. The standard InChI is InChI=1S/C12H20N4O3/c1-7(2)9(5-11(17)18)13-12(19)14-10-6-16(4)15-8(10)3/h6-7,9H,5H2,1-4H3,(H,17,18)(H2,13,14,19). The molecule has 1 aromatic heterocycles. The van der Waals surface area contributed by atoms with Gasteiger partial charge in [0.25, 0.3) is 0 Å². The van der Waals surface area contributed by atoms with Crippen LogP contribution in [-0.2, 0) is 11.8 Å². The first-order chi connectivity index (χ1) is 8.79. The largest absolute Gasteiger partial charge is 0.481 e. The SMILES string of the molecule is Cc1nn(C)cc1NC(=O)NC(CC(=O)O)C(C)C. The summed E-state index contributed by atoms with van der Waals surface area (Å²) in [7, 11) is 1.76. The Labute approximate surface area is 112 Å². The number of aromatic nitrogens is 2. The molecule has 0 spiro atoms. The highest BCUT2D eigenvalue weighted by Gasteiger charge is 2.19. The van der Waals surface area contributed by atoms with Gasteiger partial charge in [-0.1, -0.05) is 13.8 Å². The van der Waals surface area contributed by atoms with E-state index in [0.29, 0.717) is 11.4 Å². The van der Waals surface area contributed by atoms with Gasteiger partial charge in [0.15, 0.2) is 0 Å². The van der Waals surface area contributed by atoms with Crippen molar-refractivity contribution in [2.45, 2.75) is 33.2 Å². The van der Waals surface area contributed by atoms with Crippen molar-refractivity contribution in [3.05, 3.63) is 11.9 Å². The molecule has 106 valence electrons. The molecule has 1 heterocycles. The van der Waals surface area contributed by atoms with Crippen molar-refractivity contribution in [3.8, 4) is 0 Å². The Morgan fingerprint density at radius 3 is 2.53 bits per heavy atom. The topological polar surface area (TPSA) is 96.3 Å². The van der Waals surface area contributed by atoms with Crippen molar-refractivity contribution in [3.63, 3.8) is 0 Å². The molecule has 0 saturated carbocycles. The van der Waals surface area contributed by atoms with Crippen molar-refractivity contribution in [2.75, 3.05) is 5.32 Å². The monoisotopic (exact) mass is 268 g/mol. The maximum atomic E-state index is 11.8. The summed E-state index contributed by atoms with van der Waals surface area (Å²) in [5, 5.41) is 18.2. The minimum atomic E-state index is -0.934. The third-order valence-corrected chi connectivity index (χ3v) is 2.78. The predicted molar refractivity (Wildman–Crippen MR) is 71.0 cm³/mol. The molecule has 1 unspecified atom stereocenters. The predicted octanol–water partition coefficient (Wildman–Crippen LogP) is 1.35. The molecule has 1 rings (SSSR count). The number of aliphatic carboxylic acids is 1. The van der Waals surface area contributed by atoms with E-state index in [1.807, 2.05) is 13.8 Å². The first-order valence-electron chi connectivity index (χ1n) is 6.09. The van der Waals surface area contributed by atoms with Crippen LogP contribution >= 0.6 is 0 Å². The Morgan fingerprint density at radius 1 is 1.47 bits per heavy atom. The quantitative estimate of drug-likeness (QED) is 0.751. The highest BCUT2D eigenvalue weighted by Crippen LogP contribution is 2.12. The molecule has 0 fully saturated rings. The van der Waals surface area contributed by atoms with Crippen LogP contribution in [0.3, 0.4) is 0 Å². The molecule has 7 heteroatoms. The maximum absolute atomic E-state index is 11.8. The summed E-state index contributed by atoms with van der Waals surface area (Å²) in [5.74, 6) is -0.895. The normalized spacial score (nSPS) is 12.3. The summed E-state index contributed by atoms with van der Waals surface area (Å²) in [5.41, 5.74) is 1.31. The Bertz CT molecular complexity index is 468. The Morgan fingerprint density at radius 2 is 2.11 bits per heavy atom. The van der Waals surface area contributed by atoms with Gasteiger partial charge in [0.2, 0.25) is 0 Å². The lowest BCUT2D eigenvalue weighted by molar-refractivity contribution is -0.137. The van der Waals surface area contributed by atoms with Crippen LogP contribution in [0.15, 0.2) is 6.20 Å². The fourth-order valence-corrected chi connectivity index (χ4v) is 1.69. The Balaban J connectivity index is 2.62. The number of carboxylic acid groups (broad SMARTS) is 1. The molecule has 1 atom stereocenters. The van der Waals surface area contributed by atoms with Gasteiger partial charge in [0.05, 0.1) is 17.8 Å². The fourth-order valence-electron chi connectivity index (χ4n) is 1.69. The molecular formula is C12H20N4O3. The van der Waals surface area contributed by atoms with Crippen LogP contribution in [0, 0.1) is 12.8 Å². The number of carboxylic acids is 1. The Kier molecular flexibility index (Phi) is 4.91. The average molecular weight is 268 g/mol. The van der Waals surface area contributed by atoms with Gasteiger partial charge in [0.1, 0.15) is 0 Å². The van der Waals surface area contributed by atoms with E-state index in [0.717, 1.165) is 0 Å². The van der Waals surface area contributed by atoms with Gasteiger partial charge < -0.3 is 15.7 Å². The van der Waals surface area contributed by atoms with Gasteiger partial charge in [-0.2, -0.15) is 5.10 Å². The smallest absolute Gasteiger partial charge is 0.319 e. The van der Waals surface area contributed by atoms with E-state index in [1.54, 1.807) is 24.9 Å². The number of hydrogen-bond donors (Lipinski definition) is 3. The zero-order valence-electron chi connectivity index (χ0n) is 11.6. The molecule has 0 aromatic carbocycles. The van der Waals surface area contributed by atoms with Crippen LogP contribution in [0.25, 0.3) is 0 Å². The number of aryl methyl sites for hydroxylation is 2. The summed E-state index contributed by atoms with van der Waals surface area (Å²) < 4.78 is 1.60. The van der Waals surface area contributed by atoms with Gasteiger partial charge in [-0.3, -0.25) is 9.48 Å². The van der Waals surface area contributed by atoms with E-state index in [-0.39, 0.29) is 12.3 Å². The van der Waals surface area contributed by atoms with Crippen LogP contribution in [0.4, 0.5) is 10.5 Å². The molecule has 0 aliphatic carbocycles. The van der Waals surface area contributed by atoms with E-state index in [4.69, 9.17) is 5.11 Å². The number of rotatable bonds is 5. The summed E-state index contributed by atoms with van der Waals surface area (Å²) in [6.45, 7) is 5.51. The molecule has 7 nitrogen and oxygen atoms in total. The van der Waals surface area contributed by atoms with Crippen molar-refractivity contribution >= 4 is 17.7 Å². The highest BCUT2D eigenvalue weighted by molar-refractivity contribution is 5.90. The lowest BCUT2D eigenvalue weighted by atomic mass is 10.0. The summed E-state index contributed by atoms with van der Waals surface area (Å²) in [6.07, 6.45) is 1.59. The zero-order chi connectivity index (χ0) is 14.6. The van der Waals surface area contributed by atoms with Crippen LogP contribution < -0.4 is 10.6 Å². The first-order valence-corrected chi connectivity index (χ1v) is 6.09. The van der Waals surface area contributed by atoms with E-state index in [9.17, 15) is 9.59 Å². The van der Waals surface area contributed by atoms with Crippen molar-refractivity contribution in [1.29, 1.82) is 0 Å². The average Bonchev–Trinajstić information content (AvgIpc) is 2.55. The number of nitrogens with one attached hydrogen (secondary N) is 2. The van der Waals surface area contributed by atoms with Crippen molar-refractivity contribution < 1.29 is 14.7 Å². The lowest BCUT2D eigenvalue weighted by Crippen LogP contribution is -2.42. The van der Waals surface area contributed by atoms with Crippen LogP contribution in [-0.4, -0.2) is 32.9 Å². The third-order valence-electron chi connectivity index (χ3n) is 2.78. The fraction of sp³-hybridized carbons (Fsp3) is 0.583. The Hall–Kier alpha value is -2.05. The number of hydrogen-bond acceptors (Lipinski definition) is 3. The molecule has 0 aliphatic rings. The third kappa shape index (κ3) is 4.61. The zero-order valence-corrected chi connectivity index (χ0v) is 11.6. The number of nitrogens with zero attached hydrogens (tertiary/aromatic N) is 2. The number of anilines is 1. The van der Waals surface area contributed by atoms with Gasteiger partial charge in [0, 0.05) is 19.3 Å². The van der Waals surface area contributed by atoms with Crippen LogP contribution in [0.2, 0.25) is 0 Å². The molecule has 2 amide bonds.